The van der Waals surface area contributed by atoms with Crippen LogP contribution in [0.3, 0.4) is 0 Å². The van der Waals surface area contributed by atoms with E-state index < -0.39 is 5.60 Å². The van der Waals surface area contributed by atoms with E-state index in [1.165, 1.54) is 22.4 Å². The molecule has 1 aromatic heterocycles. The molecular formula is C27H39N3O2. The van der Waals surface area contributed by atoms with Crippen LogP contribution in [-0.2, 0) is 23.1 Å². The Morgan fingerprint density at radius 1 is 1.28 bits per heavy atom. The molecule has 32 heavy (non-hydrogen) atoms. The van der Waals surface area contributed by atoms with Crippen LogP contribution in [0.2, 0.25) is 0 Å². The molecule has 2 aromatic rings. The molecule has 0 fully saturated rings. The molecule has 0 radical (unpaired) electrons. The third-order valence-electron chi connectivity index (χ3n) is 6.25. The van der Waals surface area contributed by atoms with Crippen molar-refractivity contribution in [3.05, 3.63) is 58.4 Å². The van der Waals surface area contributed by atoms with Gasteiger partial charge in [0.2, 0.25) is 0 Å². The number of alkyl carbamates (subject to hydrolysis) is 1. The molecule has 0 aliphatic carbocycles. The highest BCUT2D eigenvalue weighted by Gasteiger charge is 2.33. The van der Waals surface area contributed by atoms with Crippen molar-refractivity contribution in [2.45, 2.75) is 91.8 Å². The highest BCUT2D eigenvalue weighted by Crippen LogP contribution is 2.42. The van der Waals surface area contributed by atoms with Crippen molar-refractivity contribution >= 4 is 11.8 Å². The minimum absolute atomic E-state index is 0.115. The standard InChI is InChI=1S/C27H39N3O2/c1-9-21-15-23-24(16-22(21)19(3)29-25(31)32-26(4,5)6)30(13-11-27(23,7)8)17-20-10-12-28-18(2)14-20/h10,12,14-16,19H,9,11,13,17H2,1-8H3,(H,29,31). The van der Waals surface area contributed by atoms with Crippen LogP contribution in [0.25, 0.3) is 0 Å². The lowest BCUT2D eigenvalue weighted by molar-refractivity contribution is 0.0507. The van der Waals surface area contributed by atoms with Gasteiger partial charge in [-0.15, -0.1) is 0 Å². The van der Waals surface area contributed by atoms with Crippen LogP contribution in [0.5, 0.6) is 0 Å². The molecule has 1 unspecified atom stereocenters. The summed E-state index contributed by atoms with van der Waals surface area (Å²) in [6.45, 7) is 18.4. The van der Waals surface area contributed by atoms with Crippen molar-refractivity contribution in [1.29, 1.82) is 0 Å². The van der Waals surface area contributed by atoms with Gasteiger partial charge in [-0.3, -0.25) is 4.98 Å². The molecule has 1 amide bonds. The Hall–Kier alpha value is -2.56. The molecule has 5 nitrogen and oxygen atoms in total. The largest absolute Gasteiger partial charge is 0.444 e. The first-order chi connectivity index (χ1) is 14.9. The van der Waals surface area contributed by atoms with Crippen LogP contribution in [0.1, 0.15) is 88.9 Å². The monoisotopic (exact) mass is 437 g/mol. The van der Waals surface area contributed by atoms with Gasteiger partial charge in [-0.05, 0) is 93.3 Å². The van der Waals surface area contributed by atoms with Crippen molar-refractivity contribution in [2.75, 3.05) is 11.4 Å². The number of benzene rings is 1. The second kappa shape index (κ2) is 9.13. The number of carbonyl (C=O) groups is 1. The minimum Gasteiger partial charge on any atom is -0.444 e. The van der Waals surface area contributed by atoms with E-state index in [1.54, 1.807) is 0 Å². The molecule has 5 heteroatoms. The van der Waals surface area contributed by atoms with Gasteiger partial charge >= 0.3 is 6.09 Å². The van der Waals surface area contributed by atoms with Crippen LogP contribution in [0, 0.1) is 6.92 Å². The SMILES string of the molecule is CCc1cc2c(cc1C(C)NC(=O)OC(C)(C)C)N(Cc1ccnc(C)c1)CCC2(C)C. The molecule has 1 aromatic carbocycles. The van der Waals surface area contributed by atoms with E-state index in [1.807, 2.05) is 40.8 Å². The smallest absolute Gasteiger partial charge is 0.408 e. The Bertz CT molecular complexity index is 975. The maximum absolute atomic E-state index is 12.4. The highest BCUT2D eigenvalue weighted by molar-refractivity contribution is 5.69. The zero-order valence-electron chi connectivity index (χ0n) is 21.0. The maximum atomic E-state index is 12.4. The summed E-state index contributed by atoms with van der Waals surface area (Å²) in [5.41, 5.74) is 7.00. The highest BCUT2D eigenvalue weighted by atomic mass is 16.6. The zero-order chi connectivity index (χ0) is 23.7. The number of hydrogen-bond donors (Lipinski definition) is 1. The van der Waals surface area contributed by atoms with Crippen molar-refractivity contribution in [3.63, 3.8) is 0 Å². The molecule has 0 saturated heterocycles. The van der Waals surface area contributed by atoms with E-state index in [0.29, 0.717) is 0 Å². The quantitative estimate of drug-likeness (QED) is 0.603. The Morgan fingerprint density at radius 3 is 2.62 bits per heavy atom. The normalized spacial score (nSPS) is 16.3. The van der Waals surface area contributed by atoms with Crippen molar-refractivity contribution in [3.8, 4) is 0 Å². The molecule has 1 aliphatic rings. The summed E-state index contributed by atoms with van der Waals surface area (Å²) in [5, 5.41) is 3.04. The van der Waals surface area contributed by atoms with E-state index in [9.17, 15) is 4.79 Å². The first kappa shape index (κ1) is 24.1. The molecule has 3 rings (SSSR count). The number of hydrogen-bond acceptors (Lipinski definition) is 4. The second-order valence-corrected chi connectivity index (χ2v) is 10.7. The van der Waals surface area contributed by atoms with E-state index in [2.05, 4.69) is 60.2 Å². The zero-order valence-corrected chi connectivity index (χ0v) is 21.0. The predicted molar refractivity (Wildman–Crippen MR) is 131 cm³/mol. The van der Waals surface area contributed by atoms with Gasteiger partial charge in [0, 0.05) is 30.7 Å². The number of aryl methyl sites for hydroxylation is 2. The summed E-state index contributed by atoms with van der Waals surface area (Å²) < 4.78 is 5.49. The average molecular weight is 438 g/mol. The second-order valence-electron chi connectivity index (χ2n) is 10.7. The summed E-state index contributed by atoms with van der Waals surface area (Å²) in [4.78, 5) is 19.2. The third-order valence-corrected chi connectivity index (χ3v) is 6.25. The fourth-order valence-corrected chi connectivity index (χ4v) is 4.48. The average Bonchev–Trinajstić information content (AvgIpc) is 2.68. The van der Waals surface area contributed by atoms with Gasteiger partial charge in [-0.2, -0.15) is 0 Å². The number of aromatic nitrogens is 1. The number of nitrogens with one attached hydrogen (secondary N) is 1. The fraction of sp³-hybridized carbons (Fsp3) is 0.556. The van der Waals surface area contributed by atoms with E-state index in [0.717, 1.165) is 37.2 Å². The van der Waals surface area contributed by atoms with Crippen LogP contribution in [0.15, 0.2) is 30.5 Å². The summed E-state index contributed by atoms with van der Waals surface area (Å²) in [6, 6.07) is 8.78. The number of fused-ring (bicyclic) bond motifs is 1. The van der Waals surface area contributed by atoms with E-state index >= 15 is 0 Å². The molecule has 0 bridgehead atoms. The van der Waals surface area contributed by atoms with Crippen molar-refractivity contribution in [1.82, 2.24) is 10.3 Å². The molecule has 0 spiro atoms. The van der Waals surface area contributed by atoms with Gasteiger partial charge in [0.1, 0.15) is 5.60 Å². The molecular weight excluding hydrogens is 398 g/mol. The van der Waals surface area contributed by atoms with Gasteiger partial charge in [-0.25, -0.2) is 4.79 Å². The molecule has 174 valence electrons. The number of carbonyl (C=O) groups excluding carboxylic acids is 1. The van der Waals surface area contributed by atoms with Gasteiger partial charge in [0.15, 0.2) is 0 Å². The minimum atomic E-state index is -0.517. The number of pyridine rings is 1. The van der Waals surface area contributed by atoms with Crippen molar-refractivity contribution in [2.24, 2.45) is 0 Å². The first-order valence-corrected chi connectivity index (χ1v) is 11.7. The third kappa shape index (κ3) is 5.62. The van der Waals surface area contributed by atoms with E-state index in [-0.39, 0.29) is 17.6 Å². The van der Waals surface area contributed by atoms with Gasteiger partial charge in [0.05, 0.1) is 6.04 Å². The Morgan fingerprint density at radius 2 is 2.00 bits per heavy atom. The molecule has 1 N–H and O–H groups in total. The van der Waals surface area contributed by atoms with Gasteiger partial charge in [-0.1, -0.05) is 26.8 Å². The Balaban J connectivity index is 1.97. The Labute approximate surface area is 193 Å². The summed E-state index contributed by atoms with van der Waals surface area (Å²) in [6.07, 6.45) is 3.54. The summed E-state index contributed by atoms with van der Waals surface area (Å²) in [5.74, 6) is 0. The summed E-state index contributed by atoms with van der Waals surface area (Å²) in [7, 11) is 0. The van der Waals surface area contributed by atoms with E-state index in [4.69, 9.17) is 4.74 Å². The predicted octanol–water partition coefficient (Wildman–Crippen LogP) is 6.23. The van der Waals surface area contributed by atoms with Gasteiger partial charge < -0.3 is 15.0 Å². The molecule has 0 saturated carbocycles. The topological polar surface area (TPSA) is 54.5 Å². The maximum Gasteiger partial charge on any atom is 0.408 e. The lowest BCUT2D eigenvalue weighted by atomic mass is 9.75. The Kier molecular flexibility index (Phi) is 6.87. The fourth-order valence-electron chi connectivity index (χ4n) is 4.48. The number of anilines is 1. The molecule has 1 aliphatic heterocycles. The molecule has 2 heterocycles. The first-order valence-electron chi connectivity index (χ1n) is 11.7. The number of rotatable bonds is 5. The lowest BCUT2D eigenvalue weighted by Crippen LogP contribution is -2.38. The van der Waals surface area contributed by atoms with Crippen LogP contribution in [-0.4, -0.2) is 23.2 Å². The number of amides is 1. The van der Waals surface area contributed by atoms with Gasteiger partial charge in [0.25, 0.3) is 0 Å². The van der Waals surface area contributed by atoms with Crippen LogP contribution >= 0.6 is 0 Å². The number of ether oxygens (including phenoxy) is 1. The summed E-state index contributed by atoms with van der Waals surface area (Å²) >= 11 is 0. The molecule has 1 atom stereocenters. The van der Waals surface area contributed by atoms with Crippen LogP contribution < -0.4 is 10.2 Å². The van der Waals surface area contributed by atoms with Crippen molar-refractivity contribution < 1.29 is 9.53 Å². The van der Waals surface area contributed by atoms with Crippen LogP contribution in [0.4, 0.5) is 10.5 Å². The number of nitrogens with zero attached hydrogens (tertiary/aromatic N) is 2. The lowest BCUT2D eigenvalue weighted by Gasteiger charge is -2.41.